The van der Waals surface area contributed by atoms with Crippen LogP contribution in [-0.2, 0) is 4.79 Å². The van der Waals surface area contributed by atoms with Crippen LogP contribution in [0.1, 0.15) is 31.1 Å². The van der Waals surface area contributed by atoms with Crippen molar-refractivity contribution in [2.75, 3.05) is 5.32 Å². The van der Waals surface area contributed by atoms with Gasteiger partial charge < -0.3 is 10.1 Å². The minimum atomic E-state index is -0.487. The molecule has 1 aliphatic heterocycles. The third-order valence-corrected chi connectivity index (χ3v) is 5.46. The highest BCUT2D eigenvalue weighted by molar-refractivity contribution is 7.13. The van der Waals surface area contributed by atoms with Gasteiger partial charge in [0.1, 0.15) is 17.3 Å². The molecular weight excluding hydrogens is 426 g/mol. The van der Waals surface area contributed by atoms with Crippen LogP contribution in [0.3, 0.4) is 0 Å². The van der Waals surface area contributed by atoms with Gasteiger partial charge >= 0.3 is 0 Å². The van der Waals surface area contributed by atoms with Crippen LogP contribution in [0.5, 0.6) is 5.75 Å². The molecule has 0 saturated heterocycles. The Labute approximate surface area is 189 Å². The van der Waals surface area contributed by atoms with E-state index in [0.29, 0.717) is 28.5 Å². The molecule has 0 fully saturated rings. The Hall–Kier alpha value is -3.85. The summed E-state index contributed by atoms with van der Waals surface area (Å²) in [4.78, 5) is 34.3. The summed E-state index contributed by atoms with van der Waals surface area (Å²) in [7, 11) is 0. The summed E-state index contributed by atoms with van der Waals surface area (Å²) in [5, 5.41) is 9.32. The average Bonchev–Trinajstić information content (AvgIpc) is 3.42. The van der Waals surface area contributed by atoms with Crippen LogP contribution < -0.4 is 10.1 Å². The quantitative estimate of drug-likeness (QED) is 0.586. The summed E-state index contributed by atoms with van der Waals surface area (Å²) in [6, 6.07) is 12.4. The summed E-state index contributed by atoms with van der Waals surface area (Å²) >= 11 is 1.51. The molecule has 0 atom stereocenters. The first-order chi connectivity index (χ1) is 15.3. The van der Waals surface area contributed by atoms with Gasteiger partial charge in [0.05, 0.1) is 22.3 Å². The number of ether oxygens (including phenoxy) is 1. The van der Waals surface area contributed by atoms with Crippen molar-refractivity contribution in [3.63, 3.8) is 0 Å². The molecule has 4 rings (SSSR count). The molecular formula is C23H21N5O3S. The van der Waals surface area contributed by atoms with E-state index in [1.807, 2.05) is 31.4 Å². The van der Waals surface area contributed by atoms with E-state index in [4.69, 9.17) is 4.74 Å². The lowest BCUT2D eigenvalue weighted by molar-refractivity contribution is -0.113. The molecule has 3 aromatic rings. The molecule has 32 heavy (non-hydrogen) atoms. The predicted molar refractivity (Wildman–Crippen MR) is 126 cm³/mol. The third-order valence-electron chi connectivity index (χ3n) is 4.57. The standard InChI is InChI=1S/C23H21N5O3S/c1-13(2)31-17-9-7-16(8-10-17)22(30)25-20-12-18(19-6-5-11-32-19)27-28(20)23-24-15(4)14(3)21(29)26-23/h5-13H,3H2,1-2,4H3,(H,25,30). The molecule has 0 bridgehead atoms. The van der Waals surface area contributed by atoms with Crippen molar-refractivity contribution in [1.82, 2.24) is 9.78 Å². The van der Waals surface area contributed by atoms with Gasteiger partial charge in [-0.1, -0.05) is 12.6 Å². The number of nitrogens with one attached hydrogen (secondary N) is 1. The van der Waals surface area contributed by atoms with Crippen molar-refractivity contribution < 1.29 is 14.3 Å². The van der Waals surface area contributed by atoms with Crippen LogP contribution in [0.4, 0.5) is 5.82 Å². The van der Waals surface area contributed by atoms with Gasteiger partial charge in [-0.3, -0.25) is 9.59 Å². The third kappa shape index (κ3) is 4.42. The molecule has 162 valence electrons. The monoisotopic (exact) mass is 447 g/mol. The van der Waals surface area contributed by atoms with Crippen LogP contribution in [0.2, 0.25) is 0 Å². The fourth-order valence-electron chi connectivity index (χ4n) is 2.96. The topological polar surface area (TPSA) is 97.9 Å². The van der Waals surface area contributed by atoms with Gasteiger partial charge in [0, 0.05) is 11.6 Å². The first-order valence-electron chi connectivity index (χ1n) is 9.92. The van der Waals surface area contributed by atoms with Crippen LogP contribution in [0.25, 0.3) is 10.6 Å². The van der Waals surface area contributed by atoms with E-state index in [0.717, 1.165) is 4.88 Å². The van der Waals surface area contributed by atoms with Crippen LogP contribution in [0.15, 0.2) is 70.0 Å². The lowest BCUT2D eigenvalue weighted by Crippen LogP contribution is -2.25. The number of carbonyl (C=O) groups is 2. The number of hydrogen-bond donors (Lipinski definition) is 1. The molecule has 0 radical (unpaired) electrons. The summed E-state index contributed by atoms with van der Waals surface area (Å²) in [5.74, 6) is 0.267. The van der Waals surface area contributed by atoms with Crippen molar-refractivity contribution in [1.29, 1.82) is 0 Å². The average molecular weight is 448 g/mol. The van der Waals surface area contributed by atoms with E-state index in [9.17, 15) is 9.59 Å². The molecule has 0 unspecified atom stereocenters. The van der Waals surface area contributed by atoms with Gasteiger partial charge in [0.25, 0.3) is 17.8 Å². The summed E-state index contributed by atoms with van der Waals surface area (Å²) in [5.41, 5.74) is 1.75. The van der Waals surface area contributed by atoms with Gasteiger partial charge in [-0.2, -0.15) is 14.8 Å². The fourth-order valence-corrected chi connectivity index (χ4v) is 3.64. The predicted octanol–water partition coefficient (Wildman–Crippen LogP) is 4.41. The molecule has 9 heteroatoms. The number of thiophene rings is 1. The van der Waals surface area contributed by atoms with Crippen molar-refractivity contribution in [2.24, 2.45) is 9.98 Å². The Kier molecular flexibility index (Phi) is 5.83. The minimum absolute atomic E-state index is 0.0405. The summed E-state index contributed by atoms with van der Waals surface area (Å²) in [6.07, 6.45) is 0.0405. The lowest BCUT2D eigenvalue weighted by Gasteiger charge is -2.13. The number of nitrogens with zero attached hydrogens (tertiary/aromatic N) is 4. The van der Waals surface area contributed by atoms with E-state index in [2.05, 4.69) is 27.0 Å². The first-order valence-corrected chi connectivity index (χ1v) is 10.8. The van der Waals surface area contributed by atoms with Gasteiger partial charge in [0.2, 0.25) is 0 Å². The van der Waals surface area contributed by atoms with E-state index in [1.54, 1.807) is 37.3 Å². The highest BCUT2D eigenvalue weighted by Gasteiger charge is 2.23. The SMILES string of the molecule is C=C1C(=O)N=C(n2nc(-c3cccs3)cc2NC(=O)c2ccc(OC(C)C)cc2)N=C1C. The van der Waals surface area contributed by atoms with Crippen molar-refractivity contribution >= 4 is 40.6 Å². The van der Waals surface area contributed by atoms with Crippen molar-refractivity contribution in [3.8, 4) is 16.3 Å². The summed E-state index contributed by atoms with van der Waals surface area (Å²) < 4.78 is 6.98. The maximum absolute atomic E-state index is 12.9. The Morgan fingerprint density at radius 3 is 2.56 bits per heavy atom. The van der Waals surface area contributed by atoms with E-state index < -0.39 is 5.91 Å². The molecule has 1 N–H and O–H groups in total. The number of aromatic nitrogens is 2. The van der Waals surface area contributed by atoms with E-state index in [-0.39, 0.29) is 23.5 Å². The van der Waals surface area contributed by atoms with Crippen LogP contribution in [0, 0.1) is 0 Å². The second-order valence-electron chi connectivity index (χ2n) is 7.34. The number of anilines is 1. The molecule has 0 aliphatic carbocycles. The highest BCUT2D eigenvalue weighted by atomic mass is 32.1. The highest BCUT2D eigenvalue weighted by Crippen LogP contribution is 2.27. The van der Waals surface area contributed by atoms with Crippen molar-refractivity contribution in [3.05, 3.63) is 65.6 Å². The van der Waals surface area contributed by atoms with Gasteiger partial charge in [-0.05, 0) is 56.5 Å². The molecule has 8 nitrogen and oxygen atoms in total. The maximum atomic E-state index is 12.9. The molecule has 1 aliphatic rings. The molecule has 2 aromatic heterocycles. The van der Waals surface area contributed by atoms with Crippen molar-refractivity contribution in [2.45, 2.75) is 26.9 Å². The zero-order valence-electron chi connectivity index (χ0n) is 17.8. The number of carbonyl (C=O) groups excluding carboxylic acids is 2. The Morgan fingerprint density at radius 2 is 1.94 bits per heavy atom. The smallest absolute Gasteiger partial charge is 0.281 e. The van der Waals surface area contributed by atoms with Gasteiger partial charge in [0.15, 0.2) is 0 Å². The Morgan fingerprint density at radius 1 is 1.19 bits per heavy atom. The maximum Gasteiger partial charge on any atom is 0.281 e. The second-order valence-corrected chi connectivity index (χ2v) is 8.29. The zero-order valence-corrected chi connectivity index (χ0v) is 18.6. The number of aliphatic imine (C=N–C) groups is 2. The molecule has 0 spiro atoms. The summed E-state index contributed by atoms with van der Waals surface area (Å²) in [6.45, 7) is 9.24. The normalized spacial score (nSPS) is 13.8. The second kappa shape index (κ2) is 8.72. The Balaban J connectivity index is 1.67. The first kappa shape index (κ1) is 21.4. The zero-order chi connectivity index (χ0) is 22.8. The van der Waals surface area contributed by atoms with E-state index in [1.165, 1.54) is 16.0 Å². The van der Waals surface area contributed by atoms with Crippen LogP contribution in [-0.4, -0.2) is 39.4 Å². The minimum Gasteiger partial charge on any atom is -0.491 e. The lowest BCUT2D eigenvalue weighted by atomic mass is 10.2. The number of benzene rings is 1. The number of rotatable bonds is 5. The largest absolute Gasteiger partial charge is 0.491 e. The molecule has 0 saturated carbocycles. The fraction of sp³-hybridized carbons (Fsp3) is 0.174. The molecule has 1 aromatic carbocycles. The number of amides is 2. The Bertz CT molecular complexity index is 1250. The van der Waals surface area contributed by atoms with Crippen LogP contribution >= 0.6 is 11.3 Å². The molecule has 3 heterocycles. The number of hydrogen-bond acceptors (Lipinski definition) is 6. The van der Waals surface area contributed by atoms with E-state index >= 15 is 0 Å². The van der Waals surface area contributed by atoms with Gasteiger partial charge in [-0.25, -0.2) is 4.99 Å². The van der Waals surface area contributed by atoms with Gasteiger partial charge in [-0.15, -0.1) is 11.3 Å². The molecule has 2 amide bonds.